The molecular formula is C15H25N3S. The van der Waals surface area contributed by atoms with E-state index in [9.17, 15) is 0 Å². The molecule has 4 heteroatoms. The number of nitrogens with one attached hydrogen (secondary N) is 1. The Bertz CT molecular complexity index is 394. The second-order valence-corrected chi connectivity index (χ2v) is 6.83. The van der Waals surface area contributed by atoms with Gasteiger partial charge in [-0.25, -0.2) is 4.98 Å². The number of thiazole rings is 1. The number of aromatic nitrogens is 1. The first-order chi connectivity index (χ1) is 9.38. The van der Waals surface area contributed by atoms with Gasteiger partial charge in [-0.15, -0.1) is 11.3 Å². The maximum absolute atomic E-state index is 4.62. The van der Waals surface area contributed by atoms with Crippen molar-refractivity contribution in [3.63, 3.8) is 0 Å². The lowest BCUT2D eigenvalue weighted by molar-refractivity contribution is 0.155. The fourth-order valence-corrected chi connectivity index (χ4v) is 4.00. The fraction of sp³-hybridized carbons (Fsp3) is 0.800. The van der Waals surface area contributed by atoms with E-state index in [1.165, 1.54) is 62.3 Å². The molecule has 1 aromatic rings. The molecule has 3 nitrogen and oxygen atoms in total. The Morgan fingerprint density at radius 1 is 1.32 bits per heavy atom. The molecule has 106 valence electrons. The first kappa shape index (κ1) is 13.5. The summed E-state index contributed by atoms with van der Waals surface area (Å²) in [5, 5.41) is 3.47. The molecule has 0 spiro atoms. The van der Waals surface area contributed by atoms with Crippen LogP contribution in [0.3, 0.4) is 0 Å². The highest BCUT2D eigenvalue weighted by molar-refractivity contribution is 7.09. The van der Waals surface area contributed by atoms with Crippen LogP contribution in [0.15, 0.2) is 5.51 Å². The Kier molecular flexibility index (Phi) is 4.51. The monoisotopic (exact) mass is 279 g/mol. The van der Waals surface area contributed by atoms with Crippen molar-refractivity contribution in [2.24, 2.45) is 0 Å². The van der Waals surface area contributed by atoms with E-state index >= 15 is 0 Å². The van der Waals surface area contributed by atoms with Crippen molar-refractivity contribution in [1.29, 1.82) is 0 Å². The van der Waals surface area contributed by atoms with E-state index in [2.05, 4.69) is 27.6 Å². The highest BCUT2D eigenvalue weighted by Gasteiger charge is 2.29. The molecule has 0 unspecified atom stereocenters. The van der Waals surface area contributed by atoms with Crippen LogP contribution >= 0.6 is 11.3 Å². The molecule has 1 aromatic heterocycles. The van der Waals surface area contributed by atoms with Crippen molar-refractivity contribution in [2.45, 2.75) is 57.5 Å². The summed E-state index contributed by atoms with van der Waals surface area (Å²) < 4.78 is 0. The minimum absolute atomic E-state index is 0.773. The SMILES string of the molecule is CCCN(Cc1scnc1C1CC1)C1CCNCC1. The number of hydrogen-bond acceptors (Lipinski definition) is 4. The average Bonchev–Trinajstić information content (AvgIpc) is 3.19. The summed E-state index contributed by atoms with van der Waals surface area (Å²) in [6.07, 6.45) is 6.58. The number of piperidine rings is 1. The Morgan fingerprint density at radius 3 is 2.79 bits per heavy atom. The predicted octanol–water partition coefficient (Wildman–Crippen LogP) is 2.98. The third-order valence-corrected chi connectivity index (χ3v) is 5.15. The molecule has 1 aliphatic carbocycles. The van der Waals surface area contributed by atoms with Gasteiger partial charge in [0.1, 0.15) is 0 Å². The second kappa shape index (κ2) is 6.33. The predicted molar refractivity (Wildman–Crippen MR) is 80.7 cm³/mol. The fourth-order valence-electron chi connectivity index (χ4n) is 3.12. The summed E-state index contributed by atoms with van der Waals surface area (Å²) in [6.45, 7) is 7.02. The average molecular weight is 279 g/mol. The lowest BCUT2D eigenvalue weighted by Crippen LogP contribution is -2.43. The van der Waals surface area contributed by atoms with Gasteiger partial charge in [-0.05, 0) is 51.7 Å². The zero-order valence-corrected chi connectivity index (χ0v) is 12.7. The molecule has 1 saturated carbocycles. The summed E-state index contributed by atoms with van der Waals surface area (Å²) in [5.41, 5.74) is 3.47. The van der Waals surface area contributed by atoms with Crippen LogP contribution in [0.2, 0.25) is 0 Å². The van der Waals surface area contributed by atoms with Crippen LogP contribution < -0.4 is 5.32 Å². The standard InChI is InChI=1S/C15H25N3S/c1-2-9-18(13-5-7-16-8-6-13)10-14-15(12-3-4-12)17-11-19-14/h11-13,16H,2-10H2,1H3. The Hall–Kier alpha value is -0.450. The molecule has 0 bridgehead atoms. The van der Waals surface area contributed by atoms with Gasteiger partial charge in [-0.3, -0.25) is 4.90 Å². The topological polar surface area (TPSA) is 28.2 Å². The normalized spacial score (nSPS) is 21.2. The molecule has 0 aromatic carbocycles. The molecule has 0 radical (unpaired) electrons. The zero-order valence-electron chi connectivity index (χ0n) is 11.9. The first-order valence-corrected chi connectivity index (χ1v) is 8.63. The largest absolute Gasteiger partial charge is 0.317 e. The van der Waals surface area contributed by atoms with Gasteiger partial charge in [0.05, 0.1) is 11.2 Å². The third-order valence-electron chi connectivity index (χ3n) is 4.32. The lowest BCUT2D eigenvalue weighted by Gasteiger charge is -2.34. The van der Waals surface area contributed by atoms with Crippen LogP contribution in [-0.2, 0) is 6.54 Å². The van der Waals surface area contributed by atoms with Gasteiger partial charge >= 0.3 is 0 Å². The van der Waals surface area contributed by atoms with Crippen LogP contribution in [0.1, 0.15) is 55.5 Å². The van der Waals surface area contributed by atoms with E-state index in [0.29, 0.717) is 0 Å². The number of hydrogen-bond donors (Lipinski definition) is 1. The Morgan fingerprint density at radius 2 is 2.11 bits per heavy atom. The van der Waals surface area contributed by atoms with E-state index in [0.717, 1.165) is 18.5 Å². The van der Waals surface area contributed by atoms with E-state index in [1.807, 2.05) is 11.3 Å². The molecule has 1 saturated heterocycles. The van der Waals surface area contributed by atoms with Gasteiger partial charge in [-0.2, -0.15) is 0 Å². The molecular weight excluding hydrogens is 254 g/mol. The van der Waals surface area contributed by atoms with Crippen molar-refractivity contribution in [3.8, 4) is 0 Å². The number of nitrogens with zero attached hydrogens (tertiary/aromatic N) is 2. The summed E-state index contributed by atoms with van der Waals surface area (Å²) in [7, 11) is 0. The van der Waals surface area contributed by atoms with E-state index < -0.39 is 0 Å². The smallest absolute Gasteiger partial charge is 0.0798 e. The van der Waals surface area contributed by atoms with Crippen LogP contribution in [-0.4, -0.2) is 35.6 Å². The molecule has 1 aliphatic heterocycles. The number of rotatable bonds is 6. The highest BCUT2D eigenvalue weighted by atomic mass is 32.1. The molecule has 0 atom stereocenters. The Labute approximate surface area is 120 Å². The van der Waals surface area contributed by atoms with Gasteiger partial charge in [0.25, 0.3) is 0 Å². The minimum atomic E-state index is 0.773. The van der Waals surface area contributed by atoms with Gasteiger partial charge in [0.15, 0.2) is 0 Å². The summed E-state index contributed by atoms with van der Waals surface area (Å²) in [5.74, 6) is 0.790. The van der Waals surface area contributed by atoms with Crippen molar-refractivity contribution in [1.82, 2.24) is 15.2 Å². The summed E-state index contributed by atoms with van der Waals surface area (Å²) in [4.78, 5) is 8.86. The maximum Gasteiger partial charge on any atom is 0.0798 e. The molecule has 19 heavy (non-hydrogen) atoms. The highest BCUT2D eigenvalue weighted by Crippen LogP contribution is 2.42. The van der Waals surface area contributed by atoms with Crippen molar-refractivity contribution in [2.75, 3.05) is 19.6 Å². The molecule has 2 fully saturated rings. The minimum Gasteiger partial charge on any atom is -0.317 e. The van der Waals surface area contributed by atoms with E-state index in [4.69, 9.17) is 0 Å². The third kappa shape index (κ3) is 3.36. The summed E-state index contributed by atoms with van der Waals surface area (Å²) >= 11 is 1.87. The lowest BCUT2D eigenvalue weighted by atomic mass is 10.0. The molecule has 1 N–H and O–H groups in total. The quantitative estimate of drug-likeness (QED) is 0.867. The summed E-state index contributed by atoms with van der Waals surface area (Å²) in [6, 6.07) is 0.773. The molecule has 0 amide bonds. The second-order valence-electron chi connectivity index (χ2n) is 5.89. The maximum atomic E-state index is 4.62. The van der Waals surface area contributed by atoms with Crippen LogP contribution in [0.5, 0.6) is 0 Å². The van der Waals surface area contributed by atoms with Gasteiger partial charge in [0.2, 0.25) is 0 Å². The van der Waals surface area contributed by atoms with Crippen molar-refractivity contribution in [3.05, 3.63) is 16.1 Å². The zero-order chi connectivity index (χ0) is 13.1. The molecule has 3 rings (SSSR count). The van der Waals surface area contributed by atoms with E-state index in [1.54, 1.807) is 0 Å². The molecule has 2 aliphatic rings. The van der Waals surface area contributed by atoms with Crippen molar-refractivity contribution < 1.29 is 0 Å². The van der Waals surface area contributed by atoms with Gasteiger partial charge in [-0.1, -0.05) is 6.92 Å². The van der Waals surface area contributed by atoms with Crippen LogP contribution in [0, 0.1) is 0 Å². The van der Waals surface area contributed by atoms with Gasteiger partial charge in [0, 0.05) is 23.4 Å². The van der Waals surface area contributed by atoms with E-state index in [-0.39, 0.29) is 0 Å². The van der Waals surface area contributed by atoms with Crippen molar-refractivity contribution >= 4 is 11.3 Å². The Balaban J connectivity index is 1.67. The van der Waals surface area contributed by atoms with Crippen LogP contribution in [0.25, 0.3) is 0 Å². The van der Waals surface area contributed by atoms with Crippen LogP contribution in [0.4, 0.5) is 0 Å². The first-order valence-electron chi connectivity index (χ1n) is 7.75. The van der Waals surface area contributed by atoms with Gasteiger partial charge < -0.3 is 5.32 Å². The molecule has 2 heterocycles.